The Labute approximate surface area is 194 Å². The van der Waals surface area contributed by atoms with Gasteiger partial charge in [-0.25, -0.2) is 17.9 Å². The number of fused-ring (bicyclic) bond motifs is 1. The van der Waals surface area contributed by atoms with E-state index in [1.807, 2.05) is 79.7 Å². The van der Waals surface area contributed by atoms with Gasteiger partial charge in [-0.2, -0.15) is 0 Å². The molecule has 0 heterocycles. The molecule has 0 aliphatic carbocycles. The molecule has 0 aliphatic heterocycles. The van der Waals surface area contributed by atoms with Crippen LogP contribution in [0.2, 0.25) is 0 Å². The molecular weight excluding hydrogens is 432 g/mol. The number of aryl methyl sites for hydroxylation is 1. The number of rotatable bonds is 7. The molecule has 33 heavy (non-hydrogen) atoms. The van der Waals surface area contributed by atoms with Crippen molar-refractivity contribution in [2.24, 2.45) is 0 Å². The van der Waals surface area contributed by atoms with E-state index in [1.165, 1.54) is 0 Å². The molecule has 0 saturated heterocycles. The van der Waals surface area contributed by atoms with E-state index in [-0.39, 0.29) is 11.4 Å². The van der Waals surface area contributed by atoms with Crippen molar-refractivity contribution in [3.05, 3.63) is 119 Å². The van der Waals surface area contributed by atoms with Gasteiger partial charge in [0.05, 0.1) is 11.4 Å². The fraction of sp³-hybridized carbons (Fsp3) is 0.148. The van der Waals surface area contributed by atoms with Crippen molar-refractivity contribution in [3.63, 3.8) is 0 Å². The molecule has 1 N–H and O–H groups in total. The van der Waals surface area contributed by atoms with Gasteiger partial charge in [0.1, 0.15) is 0 Å². The summed E-state index contributed by atoms with van der Waals surface area (Å²) in [4.78, 5) is 0.173. The SMILES string of the molecule is C/C(c1ccccc1)=[N+](/[O-])C(CNS(=O)(=O)c1ccc(C)cc1)c1ccc2ccccc2c1. The summed E-state index contributed by atoms with van der Waals surface area (Å²) in [6.45, 7) is 3.59. The number of nitrogens with one attached hydrogen (secondary N) is 1. The first-order valence-corrected chi connectivity index (χ1v) is 12.2. The van der Waals surface area contributed by atoms with Crippen molar-refractivity contribution >= 4 is 26.5 Å². The van der Waals surface area contributed by atoms with Crippen molar-refractivity contribution in [3.8, 4) is 0 Å². The second-order valence-corrected chi connectivity index (χ2v) is 9.83. The van der Waals surface area contributed by atoms with E-state index in [0.717, 1.165) is 32.2 Å². The van der Waals surface area contributed by atoms with Gasteiger partial charge in [0, 0.05) is 18.1 Å². The minimum atomic E-state index is -3.77. The maximum absolute atomic E-state index is 13.5. The smallest absolute Gasteiger partial charge is 0.240 e. The summed E-state index contributed by atoms with van der Waals surface area (Å²) >= 11 is 0. The van der Waals surface area contributed by atoms with Crippen LogP contribution in [0.4, 0.5) is 0 Å². The molecule has 5 nitrogen and oxygen atoms in total. The molecule has 4 aromatic carbocycles. The van der Waals surface area contributed by atoms with Crippen molar-refractivity contribution in [2.75, 3.05) is 6.54 Å². The summed E-state index contributed by atoms with van der Waals surface area (Å²) in [5.74, 6) is 0. The van der Waals surface area contributed by atoms with Crippen LogP contribution in [0.25, 0.3) is 10.8 Å². The highest BCUT2D eigenvalue weighted by molar-refractivity contribution is 7.89. The van der Waals surface area contributed by atoms with Crippen LogP contribution < -0.4 is 4.72 Å². The number of hydroxylamine groups is 1. The van der Waals surface area contributed by atoms with Crippen LogP contribution in [0.5, 0.6) is 0 Å². The van der Waals surface area contributed by atoms with Gasteiger partial charge in [0.15, 0.2) is 5.71 Å². The van der Waals surface area contributed by atoms with E-state index in [9.17, 15) is 13.6 Å². The van der Waals surface area contributed by atoms with Gasteiger partial charge >= 0.3 is 0 Å². The largest absolute Gasteiger partial charge is 0.623 e. The highest BCUT2D eigenvalue weighted by atomic mass is 32.2. The van der Waals surface area contributed by atoms with E-state index < -0.39 is 16.1 Å². The molecule has 0 bridgehead atoms. The Kier molecular flexibility index (Phi) is 6.58. The lowest BCUT2D eigenvalue weighted by Gasteiger charge is -2.21. The Bertz CT molecular complexity index is 1400. The van der Waals surface area contributed by atoms with E-state index in [0.29, 0.717) is 5.71 Å². The lowest BCUT2D eigenvalue weighted by molar-refractivity contribution is -0.505. The van der Waals surface area contributed by atoms with Gasteiger partial charge < -0.3 is 5.21 Å². The maximum Gasteiger partial charge on any atom is 0.240 e. The van der Waals surface area contributed by atoms with Gasteiger partial charge in [0.2, 0.25) is 16.1 Å². The fourth-order valence-electron chi connectivity index (χ4n) is 3.78. The average molecular weight is 459 g/mol. The van der Waals surface area contributed by atoms with Gasteiger partial charge in [-0.05, 0) is 48.0 Å². The van der Waals surface area contributed by atoms with E-state index in [2.05, 4.69) is 4.72 Å². The zero-order valence-corrected chi connectivity index (χ0v) is 19.4. The molecule has 0 fully saturated rings. The van der Waals surface area contributed by atoms with Crippen LogP contribution in [-0.4, -0.2) is 25.4 Å². The summed E-state index contributed by atoms with van der Waals surface area (Å²) < 4.78 is 29.4. The average Bonchev–Trinajstić information content (AvgIpc) is 2.84. The zero-order valence-electron chi connectivity index (χ0n) is 18.6. The Balaban J connectivity index is 1.72. The molecule has 1 atom stereocenters. The third-order valence-electron chi connectivity index (χ3n) is 5.76. The van der Waals surface area contributed by atoms with E-state index >= 15 is 0 Å². The standard InChI is InChI=1S/C27H26N2O3S/c1-20-12-16-26(17-13-20)33(31,32)28-19-27(29(30)21(2)22-8-4-3-5-9-22)25-15-14-23-10-6-7-11-24(23)18-25/h3-18,27-28H,19H2,1-2H3/b29-21-. The van der Waals surface area contributed by atoms with Crippen LogP contribution in [-0.2, 0) is 10.0 Å². The zero-order chi connectivity index (χ0) is 23.4. The molecule has 0 radical (unpaired) electrons. The molecule has 6 heteroatoms. The van der Waals surface area contributed by atoms with Crippen molar-refractivity contribution in [1.82, 2.24) is 4.72 Å². The van der Waals surface area contributed by atoms with Crippen molar-refractivity contribution in [1.29, 1.82) is 0 Å². The number of benzene rings is 4. The Morgan fingerprint density at radius 1 is 0.879 bits per heavy atom. The molecular formula is C27H26N2O3S. The Morgan fingerprint density at radius 2 is 1.52 bits per heavy atom. The highest BCUT2D eigenvalue weighted by Gasteiger charge is 2.25. The van der Waals surface area contributed by atoms with E-state index in [1.54, 1.807) is 31.2 Å². The normalized spacial score (nSPS) is 13.5. The molecule has 4 rings (SSSR count). The molecule has 0 aliphatic rings. The minimum absolute atomic E-state index is 0.0672. The summed E-state index contributed by atoms with van der Waals surface area (Å²) in [6.07, 6.45) is 0. The van der Waals surface area contributed by atoms with Crippen LogP contribution >= 0.6 is 0 Å². The topological polar surface area (TPSA) is 72.2 Å². The van der Waals surface area contributed by atoms with Crippen molar-refractivity contribution < 1.29 is 13.2 Å². The van der Waals surface area contributed by atoms with Crippen LogP contribution in [0.1, 0.15) is 29.7 Å². The van der Waals surface area contributed by atoms with Gasteiger partial charge in [-0.15, -0.1) is 0 Å². The van der Waals surface area contributed by atoms with Gasteiger partial charge in [-0.3, -0.25) is 0 Å². The summed E-state index contributed by atoms with van der Waals surface area (Å²) in [5.41, 5.74) is 3.02. The maximum atomic E-state index is 13.5. The Hall–Kier alpha value is -3.48. The Morgan fingerprint density at radius 3 is 2.21 bits per heavy atom. The van der Waals surface area contributed by atoms with Crippen LogP contribution in [0.3, 0.4) is 0 Å². The molecule has 168 valence electrons. The highest BCUT2D eigenvalue weighted by Crippen LogP contribution is 2.24. The minimum Gasteiger partial charge on any atom is -0.623 e. The second kappa shape index (κ2) is 9.57. The number of hydrogen-bond acceptors (Lipinski definition) is 3. The first-order chi connectivity index (χ1) is 15.8. The molecule has 0 amide bonds. The lowest BCUT2D eigenvalue weighted by atomic mass is 10.0. The second-order valence-electron chi connectivity index (χ2n) is 8.06. The molecule has 1 unspecified atom stereocenters. The predicted octanol–water partition coefficient (Wildman–Crippen LogP) is 5.19. The lowest BCUT2D eigenvalue weighted by Crippen LogP contribution is -2.34. The summed E-state index contributed by atoms with van der Waals surface area (Å²) in [6, 6.07) is 29.0. The predicted molar refractivity (Wildman–Crippen MR) is 133 cm³/mol. The fourth-order valence-corrected chi connectivity index (χ4v) is 4.82. The number of nitrogens with zero attached hydrogens (tertiary/aromatic N) is 1. The molecule has 0 saturated carbocycles. The van der Waals surface area contributed by atoms with Crippen LogP contribution in [0, 0.1) is 12.1 Å². The summed E-state index contributed by atoms with van der Waals surface area (Å²) in [7, 11) is -3.77. The van der Waals surface area contributed by atoms with Crippen molar-refractivity contribution in [2.45, 2.75) is 24.8 Å². The molecule has 0 aromatic heterocycles. The quantitative estimate of drug-likeness (QED) is 0.179. The molecule has 0 spiro atoms. The summed E-state index contributed by atoms with van der Waals surface area (Å²) in [5, 5.41) is 15.6. The monoisotopic (exact) mass is 458 g/mol. The number of hydrogen-bond donors (Lipinski definition) is 1. The third kappa shape index (κ3) is 5.13. The van der Waals surface area contributed by atoms with E-state index in [4.69, 9.17) is 0 Å². The molecule has 4 aromatic rings. The number of sulfonamides is 1. The third-order valence-corrected chi connectivity index (χ3v) is 7.20. The van der Waals surface area contributed by atoms with Gasteiger partial charge in [-0.1, -0.05) is 72.3 Å². The van der Waals surface area contributed by atoms with Crippen LogP contribution in [0.15, 0.2) is 102 Å². The first-order valence-electron chi connectivity index (χ1n) is 10.8. The van der Waals surface area contributed by atoms with Gasteiger partial charge in [0.25, 0.3) is 0 Å². The first kappa shape index (κ1) is 22.7.